The van der Waals surface area contributed by atoms with Crippen molar-refractivity contribution < 1.29 is 9.53 Å². The molecule has 3 nitrogen and oxygen atoms in total. The first-order valence-corrected chi connectivity index (χ1v) is 8.98. The Morgan fingerprint density at radius 1 is 1.20 bits per heavy atom. The van der Waals surface area contributed by atoms with Crippen molar-refractivity contribution in [3.8, 4) is 0 Å². The molecule has 1 aliphatic rings. The van der Waals surface area contributed by atoms with E-state index in [-0.39, 0.29) is 11.4 Å². The van der Waals surface area contributed by atoms with E-state index in [1.165, 1.54) is 18.2 Å². The molecular formula is C22H27NO2. The minimum absolute atomic E-state index is 0.0806. The molecule has 2 aromatic rings. The van der Waals surface area contributed by atoms with Crippen molar-refractivity contribution in [1.82, 2.24) is 4.90 Å². The maximum absolute atomic E-state index is 11.9. The van der Waals surface area contributed by atoms with Gasteiger partial charge in [-0.3, -0.25) is 4.90 Å². The van der Waals surface area contributed by atoms with Crippen molar-refractivity contribution in [2.75, 3.05) is 20.2 Å². The Balaban J connectivity index is 1.74. The largest absolute Gasteiger partial charge is 0.465 e. The van der Waals surface area contributed by atoms with Crippen LogP contribution in [0.3, 0.4) is 0 Å². The molecule has 2 atom stereocenters. The molecule has 2 unspecified atom stereocenters. The normalized spacial score (nSPS) is 24.0. The molecule has 0 spiro atoms. The molecule has 25 heavy (non-hydrogen) atoms. The fourth-order valence-electron chi connectivity index (χ4n) is 3.85. The van der Waals surface area contributed by atoms with Crippen molar-refractivity contribution in [2.45, 2.75) is 32.2 Å². The maximum Gasteiger partial charge on any atom is 0.337 e. The summed E-state index contributed by atoms with van der Waals surface area (Å²) in [6.45, 7) is 7.78. The number of hydrogen-bond acceptors (Lipinski definition) is 3. The smallest absolute Gasteiger partial charge is 0.337 e. The van der Waals surface area contributed by atoms with Crippen LogP contribution in [0, 0.1) is 5.92 Å². The molecule has 0 saturated carbocycles. The maximum atomic E-state index is 11.9. The number of piperidine rings is 1. The zero-order valence-corrected chi connectivity index (χ0v) is 15.4. The number of likely N-dealkylation sites (tertiary alicyclic amines) is 1. The lowest BCUT2D eigenvalue weighted by Crippen LogP contribution is -2.47. The summed E-state index contributed by atoms with van der Waals surface area (Å²) in [7, 11) is 1.43. The highest BCUT2D eigenvalue weighted by Gasteiger charge is 2.38. The van der Waals surface area contributed by atoms with Gasteiger partial charge in [0.25, 0.3) is 0 Å². The lowest BCUT2D eigenvalue weighted by atomic mass is 9.68. The lowest BCUT2D eigenvalue weighted by Gasteiger charge is -2.45. The van der Waals surface area contributed by atoms with Crippen LogP contribution in [0.4, 0.5) is 0 Å². The first-order valence-electron chi connectivity index (χ1n) is 8.98. The first kappa shape index (κ1) is 17.7. The van der Waals surface area contributed by atoms with E-state index >= 15 is 0 Å². The van der Waals surface area contributed by atoms with E-state index in [2.05, 4.69) is 55.1 Å². The van der Waals surface area contributed by atoms with E-state index in [0.717, 1.165) is 26.1 Å². The minimum Gasteiger partial charge on any atom is -0.465 e. The standard InChI is InChI=1S/C22H27NO2/c1-17-15-23(16-18-8-5-4-6-9-18)13-12-22(17,2)20-11-7-10-19(14-20)21(24)25-3/h4-11,14,17H,12-13,15-16H2,1-3H3. The van der Waals surface area contributed by atoms with Crippen LogP contribution >= 0.6 is 0 Å². The number of hydrogen-bond donors (Lipinski definition) is 0. The molecule has 0 bridgehead atoms. The molecule has 1 heterocycles. The zero-order chi connectivity index (χ0) is 17.9. The SMILES string of the molecule is COC(=O)c1cccc(C2(C)CCN(Cc3ccccc3)CC2C)c1. The summed E-state index contributed by atoms with van der Waals surface area (Å²) in [4.78, 5) is 14.4. The molecule has 0 N–H and O–H groups in total. The topological polar surface area (TPSA) is 29.5 Å². The van der Waals surface area contributed by atoms with Crippen molar-refractivity contribution in [3.63, 3.8) is 0 Å². The summed E-state index contributed by atoms with van der Waals surface area (Å²) < 4.78 is 4.87. The summed E-state index contributed by atoms with van der Waals surface area (Å²) in [5, 5.41) is 0. The molecule has 1 aliphatic heterocycles. The Morgan fingerprint density at radius 2 is 1.96 bits per heavy atom. The molecule has 132 valence electrons. The third-order valence-electron chi connectivity index (χ3n) is 5.76. The highest BCUT2D eigenvalue weighted by Crippen LogP contribution is 2.40. The fourth-order valence-corrected chi connectivity index (χ4v) is 3.85. The van der Waals surface area contributed by atoms with E-state index in [1.807, 2.05) is 18.2 Å². The lowest BCUT2D eigenvalue weighted by molar-refractivity contribution is 0.0600. The molecule has 0 amide bonds. The number of benzene rings is 2. The predicted molar refractivity (Wildman–Crippen MR) is 101 cm³/mol. The second kappa shape index (κ2) is 7.40. The summed E-state index contributed by atoms with van der Waals surface area (Å²) in [6, 6.07) is 18.6. The second-order valence-corrected chi connectivity index (χ2v) is 7.36. The van der Waals surface area contributed by atoms with Gasteiger partial charge in [0.15, 0.2) is 0 Å². The molecule has 2 aromatic carbocycles. The van der Waals surface area contributed by atoms with Gasteiger partial charge in [0.1, 0.15) is 0 Å². The minimum atomic E-state index is -0.264. The zero-order valence-electron chi connectivity index (χ0n) is 15.4. The van der Waals surface area contributed by atoms with Crippen LogP contribution < -0.4 is 0 Å². The summed E-state index contributed by atoms with van der Waals surface area (Å²) in [5.41, 5.74) is 3.32. The number of ether oxygens (including phenoxy) is 1. The summed E-state index contributed by atoms with van der Waals surface area (Å²) >= 11 is 0. The third kappa shape index (κ3) is 3.77. The van der Waals surface area contributed by atoms with Crippen molar-refractivity contribution in [2.24, 2.45) is 5.92 Å². The number of methoxy groups -OCH3 is 1. The van der Waals surface area contributed by atoms with Gasteiger partial charge in [0, 0.05) is 13.1 Å². The monoisotopic (exact) mass is 337 g/mol. The molecule has 3 heteroatoms. The Hall–Kier alpha value is -2.13. The van der Waals surface area contributed by atoms with E-state index in [0.29, 0.717) is 11.5 Å². The second-order valence-electron chi connectivity index (χ2n) is 7.36. The van der Waals surface area contributed by atoms with E-state index in [1.54, 1.807) is 0 Å². The molecule has 0 aliphatic carbocycles. The van der Waals surface area contributed by atoms with Crippen LogP contribution in [0.1, 0.15) is 41.8 Å². The Labute approximate surface area is 150 Å². The molecule has 0 aromatic heterocycles. The fraction of sp³-hybridized carbons (Fsp3) is 0.409. The number of nitrogens with zero attached hydrogens (tertiary/aromatic N) is 1. The third-order valence-corrected chi connectivity index (χ3v) is 5.76. The van der Waals surface area contributed by atoms with Gasteiger partial charge in [-0.1, -0.05) is 56.3 Å². The predicted octanol–water partition coefficient (Wildman–Crippen LogP) is 4.27. The average Bonchev–Trinajstić information content (AvgIpc) is 2.65. The summed E-state index contributed by atoms with van der Waals surface area (Å²) in [5.74, 6) is 0.248. The quantitative estimate of drug-likeness (QED) is 0.780. The highest BCUT2D eigenvalue weighted by molar-refractivity contribution is 5.89. The molecule has 1 fully saturated rings. The van der Waals surface area contributed by atoms with Gasteiger partial charge in [-0.15, -0.1) is 0 Å². The van der Waals surface area contributed by atoms with E-state index < -0.39 is 0 Å². The van der Waals surface area contributed by atoms with Gasteiger partial charge in [-0.05, 0) is 47.6 Å². The van der Waals surface area contributed by atoms with Crippen LogP contribution in [-0.4, -0.2) is 31.1 Å². The van der Waals surface area contributed by atoms with Crippen LogP contribution in [-0.2, 0) is 16.7 Å². The van der Waals surface area contributed by atoms with Gasteiger partial charge in [-0.2, -0.15) is 0 Å². The molecular weight excluding hydrogens is 310 g/mol. The number of esters is 1. The Bertz CT molecular complexity index is 728. The van der Waals surface area contributed by atoms with Crippen LogP contribution in [0.5, 0.6) is 0 Å². The van der Waals surface area contributed by atoms with Crippen molar-refractivity contribution in [1.29, 1.82) is 0 Å². The summed E-state index contributed by atoms with van der Waals surface area (Å²) in [6.07, 6.45) is 1.09. The highest BCUT2D eigenvalue weighted by atomic mass is 16.5. The van der Waals surface area contributed by atoms with Gasteiger partial charge >= 0.3 is 5.97 Å². The van der Waals surface area contributed by atoms with Crippen LogP contribution in [0.15, 0.2) is 54.6 Å². The van der Waals surface area contributed by atoms with Crippen molar-refractivity contribution >= 4 is 5.97 Å². The average molecular weight is 337 g/mol. The number of rotatable bonds is 4. The van der Waals surface area contributed by atoms with Crippen LogP contribution in [0.25, 0.3) is 0 Å². The molecule has 1 saturated heterocycles. The van der Waals surface area contributed by atoms with Gasteiger partial charge in [-0.25, -0.2) is 4.79 Å². The number of carbonyl (C=O) groups is 1. The van der Waals surface area contributed by atoms with Gasteiger partial charge < -0.3 is 4.74 Å². The van der Waals surface area contributed by atoms with Gasteiger partial charge in [0.2, 0.25) is 0 Å². The van der Waals surface area contributed by atoms with E-state index in [4.69, 9.17) is 4.74 Å². The molecule has 3 rings (SSSR count). The molecule has 0 radical (unpaired) electrons. The number of carbonyl (C=O) groups excluding carboxylic acids is 1. The van der Waals surface area contributed by atoms with Gasteiger partial charge in [0.05, 0.1) is 12.7 Å². The Morgan fingerprint density at radius 3 is 2.64 bits per heavy atom. The first-order chi connectivity index (χ1) is 12.0. The Kier molecular flexibility index (Phi) is 5.24. The van der Waals surface area contributed by atoms with Crippen molar-refractivity contribution in [3.05, 3.63) is 71.3 Å². The van der Waals surface area contributed by atoms with Crippen LogP contribution in [0.2, 0.25) is 0 Å². The van der Waals surface area contributed by atoms with E-state index in [9.17, 15) is 4.79 Å².